The first-order chi connectivity index (χ1) is 10.5. The van der Waals surface area contributed by atoms with Crippen molar-refractivity contribution in [3.63, 3.8) is 0 Å². The van der Waals surface area contributed by atoms with Crippen molar-refractivity contribution in [2.75, 3.05) is 6.67 Å². The molecule has 2 rings (SSSR count). The number of amides is 1. The molecule has 4 nitrogen and oxygen atoms in total. The number of rotatable bonds is 6. The fourth-order valence-corrected chi connectivity index (χ4v) is 2.64. The van der Waals surface area contributed by atoms with Crippen molar-refractivity contribution in [3.05, 3.63) is 41.5 Å². The van der Waals surface area contributed by atoms with Gasteiger partial charge in [-0.3, -0.25) is 9.78 Å². The van der Waals surface area contributed by atoms with Crippen molar-refractivity contribution in [1.82, 2.24) is 10.3 Å². The number of nitrogens with zero attached hydrogens (tertiary/aromatic N) is 1. The molecule has 8 heteroatoms. The average molecular weight is 363 g/mol. The Bertz CT molecular complexity index is 608. The number of hydrogen-bond acceptors (Lipinski definition) is 4. The third-order valence-electron chi connectivity index (χ3n) is 3.04. The van der Waals surface area contributed by atoms with E-state index in [0.717, 1.165) is 10.4 Å². The summed E-state index contributed by atoms with van der Waals surface area (Å²) in [5.74, 6) is -0.744. The van der Waals surface area contributed by atoms with Gasteiger partial charge in [0.25, 0.3) is 5.91 Å². The molecule has 0 bridgehead atoms. The van der Waals surface area contributed by atoms with Gasteiger partial charge < -0.3 is 10.4 Å². The largest absolute Gasteiger partial charge is 0.386 e. The number of carbonyl (C=O) groups excluding carboxylic acids is 1. The van der Waals surface area contributed by atoms with Crippen LogP contribution < -0.4 is 5.32 Å². The van der Waals surface area contributed by atoms with Gasteiger partial charge in [-0.25, -0.2) is 4.39 Å². The molecule has 0 aliphatic carbocycles. The Morgan fingerprint density at radius 1 is 1.36 bits per heavy atom. The summed E-state index contributed by atoms with van der Waals surface area (Å²) < 4.78 is 13.1. The minimum absolute atomic E-state index is 0.483. The summed E-state index contributed by atoms with van der Waals surface area (Å²) in [5.41, 5.74) is 3.15. The average Bonchev–Trinajstić information content (AvgIpc) is 3.06. The highest BCUT2D eigenvalue weighted by Gasteiger charge is 2.25. The summed E-state index contributed by atoms with van der Waals surface area (Å²) in [7, 11) is 0. The molecule has 2 N–H and O–H groups in total. The Labute approximate surface area is 140 Å². The summed E-state index contributed by atoms with van der Waals surface area (Å²) in [4.78, 5) is 15.1. The molecule has 2 aromatic rings. The second-order valence-electron chi connectivity index (χ2n) is 4.50. The molecule has 1 aromatic heterocycles. The summed E-state index contributed by atoms with van der Waals surface area (Å²) >= 11 is 12.3. The van der Waals surface area contributed by atoms with Crippen LogP contribution in [0.2, 0.25) is 0 Å². The van der Waals surface area contributed by atoms with Gasteiger partial charge in [0.1, 0.15) is 12.8 Å². The van der Waals surface area contributed by atoms with Crippen molar-refractivity contribution in [3.8, 4) is 10.4 Å². The Morgan fingerprint density at radius 2 is 2.05 bits per heavy atom. The number of aromatic nitrogens is 1. The van der Waals surface area contributed by atoms with E-state index in [2.05, 4.69) is 10.3 Å². The van der Waals surface area contributed by atoms with Gasteiger partial charge in [0, 0.05) is 6.20 Å². The molecule has 0 aliphatic rings. The van der Waals surface area contributed by atoms with Crippen molar-refractivity contribution in [2.45, 2.75) is 17.0 Å². The van der Waals surface area contributed by atoms with Gasteiger partial charge in [-0.15, -0.1) is 11.3 Å². The number of aliphatic hydroxyl groups excluding tert-OH is 1. The number of halogens is 3. The first-order valence-corrected chi connectivity index (χ1v) is 8.09. The van der Waals surface area contributed by atoms with Crippen molar-refractivity contribution in [1.29, 1.82) is 0 Å². The molecule has 118 valence electrons. The summed E-state index contributed by atoms with van der Waals surface area (Å²) in [6.07, 6.45) is 0.540. The van der Waals surface area contributed by atoms with Crippen molar-refractivity contribution in [2.24, 2.45) is 0 Å². The second-order valence-corrected chi connectivity index (χ2v) is 6.49. The first kappa shape index (κ1) is 17.1. The molecular weight excluding hydrogens is 350 g/mol. The quantitative estimate of drug-likeness (QED) is 0.776. The highest BCUT2D eigenvalue weighted by Crippen LogP contribution is 2.26. The van der Waals surface area contributed by atoms with Crippen LogP contribution >= 0.6 is 34.5 Å². The number of alkyl halides is 3. The second kappa shape index (κ2) is 7.87. The summed E-state index contributed by atoms with van der Waals surface area (Å²) in [6, 6.07) is 5.84. The summed E-state index contributed by atoms with van der Waals surface area (Å²) in [6.45, 7) is -0.940. The standard InChI is InChI=1S/C14H13Cl2FN2O2S/c15-13(16)14(21)19-10(5-17)12(20)9-3-1-8(2-4-9)11-6-18-7-22-11/h1-4,6-7,10,12-13,20H,5H2,(H,19,21). The number of nitrogens with one attached hydrogen (secondary N) is 1. The molecule has 0 radical (unpaired) electrons. The number of aliphatic hydroxyl groups is 1. The molecule has 1 amide bonds. The van der Waals surface area contributed by atoms with E-state index in [4.69, 9.17) is 23.2 Å². The highest BCUT2D eigenvalue weighted by atomic mass is 35.5. The van der Waals surface area contributed by atoms with Gasteiger partial charge >= 0.3 is 0 Å². The minimum Gasteiger partial charge on any atom is -0.386 e. The molecule has 0 saturated heterocycles. The SMILES string of the molecule is O=C(NC(CF)C(O)c1ccc(-c2cncs2)cc1)C(Cl)Cl. The van der Waals surface area contributed by atoms with E-state index >= 15 is 0 Å². The van der Waals surface area contributed by atoms with Crippen LogP contribution in [0.3, 0.4) is 0 Å². The van der Waals surface area contributed by atoms with Gasteiger partial charge in [0.2, 0.25) is 0 Å². The fraction of sp³-hybridized carbons (Fsp3) is 0.286. The van der Waals surface area contributed by atoms with Gasteiger partial charge in [-0.2, -0.15) is 0 Å². The van der Waals surface area contributed by atoms with E-state index < -0.39 is 29.6 Å². The predicted octanol–water partition coefficient (Wildman–Crippen LogP) is 3.10. The maximum atomic E-state index is 13.1. The maximum absolute atomic E-state index is 13.1. The van der Waals surface area contributed by atoms with Gasteiger partial charge in [0.05, 0.1) is 16.4 Å². The Balaban J connectivity index is 2.10. The van der Waals surface area contributed by atoms with Crippen molar-refractivity contribution >= 4 is 40.4 Å². The fourth-order valence-electron chi connectivity index (χ4n) is 1.88. The molecule has 0 saturated carbocycles. The van der Waals surface area contributed by atoms with Gasteiger partial charge in [-0.05, 0) is 11.1 Å². The molecular formula is C14H13Cl2FN2O2S. The third kappa shape index (κ3) is 4.16. The molecule has 1 heterocycles. The first-order valence-electron chi connectivity index (χ1n) is 6.34. The third-order valence-corrected chi connectivity index (χ3v) is 4.26. The zero-order valence-electron chi connectivity index (χ0n) is 11.2. The van der Waals surface area contributed by atoms with Crippen LogP contribution in [0.4, 0.5) is 4.39 Å². The maximum Gasteiger partial charge on any atom is 0.253 e. The minimum atomic E-state index is -1.31. The number of hydrogen-bond donors (Lipinski definition) is 2. The molecule has 0 aliphatic heterocycles. The monoisotopic (exact) mass is 362 g/mol. The Hall–Kier alpha value is -1.21. The number of benzene rings is 1. The molecule has 2 atom stereocenters. The van der Waals surface area contributed by atoms with E-state index in [9.17, 15) is 14.3 Å². The van der Waals surface area contributed by atoms with E-state index in [1.165, 1.54) is 11.3 Å². The van der Waals surface area contributed by atoms with Crippen LogP contribution in [0.25, 0.3) is 10.4 Å². The lowest BCUT2D eigenvalue weighted by molar-refractivity contribution is -0.121. The molecule has 2 unspecified atom stereocenters. The normalized spacial score (nSPS) is 13.9. The Morgan fingerprint density at radius 3 is 2.55 bits per heavy atom. The van der Waals surface area contributed by atoms with E-state index in [-0.39, 0.29) is 0 Å². The predicted molar refractivity (Wildman–Crippen MR) is 85.9 cm³/mol. The highest BCUT2D eigenvalue weighted by molar-refractivity contribution is 7.13. The number of carbonyl (C=O) groups is 1. The number of thiazole rings is 1. The molecule has 0 spiro atoms. The zero-order chi connectivity index (χ0) is 16.1. The summed E-state index contributed by atoms with van der Waals surface area (Å²) in [5, 5.41) is 12.5. The van der Waals surface area contributed by atoms with Crippen LogP contribution in [0.15, 0.2) is 36.0 Å². The van der Waals surface area contributed by atoms with Crippen LogP contribution in [0.1, 0.15) is 11.7 Å². The topological polar surface area (TPSA) is 62.2 Å². The van der Waals surface area contributed by atoms with Crippen LogP contribution in [0.5, 0.6) is 0 Å². The lowest BCUT2D eigenvalue weighted by Crippen LogP contribution is -2.43. The van der Waals surface area contributed by atoms with E-state index in [1.54, 1.807) is 36.0 Å². The van der Waals surface area contributed by atoms with Crippen molar-refractivity contribution < 1.29 is 14.3 Å². The van der Waals surface area contributed by atoms with Crippen LogP contribution in [-0.4, -0.2) is 33.6 Å². The molecule has 0 fully saturated rings. The zero-order valence-corrected chi connectivity index (χ0v) is 13.6. The Kier molecular flexibility index (Phi) is 6.14. The molecule has 22 heavy (non-hydrogen) atoms. The van der Waals surface area contributed by atoms with Gasteiger partial charge in [-0.1, -0.05) is 47.5 Å². The lowest BCUT2D eigenvalue weighted by atomic mass is 10.0. The van der Waals surface area contributed by atoms with E-state index in [1.807, 2.05) is 0 Å². The van der Waals surface area contributed by atoms with Crippen LogP contribution in [0, 0.1) is 0 Å². The molecule has 1 aromatic carbocycles. The van der Waals surface area contributed by atoms with E-state index in [0.29, 0.717) is 5.56 Å². The lowest BCUT2D eigenvalue weighted by Gasteiger charge is -2.22. The van der Waals surface area contributed by atoms with Gasteiger partial charge in [0.15, 0.2) is 4.84 Å². The van der Waals surface area contributed by atoms with Crippen LogP contribution in [-0.2, 0) is 4.79 Å². The smallest absolute Gasteiger partial charge is 0.253 e.